The number of hydrogen-bond donors (Lipinski definition) is 0. The normalized spacial score (nSPS) is 16.2. The minimum Gasteiger partial charge on any atom is -0.493 e. The zero-order valence-corrected chi connectivity index (χ0v) is 18.4. The molecule has 1 aliphatic rings. The summed E-state index contributed by atoms with van der Waals surface area (Å²) < 4.78 is 11.3. The van der Waals surface area contributed by atoms with Crippen molar-refractivity contribution in [2.45, 2.75) is 39.2 Å². The van der Waals surface area contributed by atoms with E-state index in [1.54, 1.807) is 13.2 Å². The molecule has 5 nitrogen and oxygen atoms in total. The van der Waals surface area contributed by atoms with E-state index in [9.17, 15) is 9.59 Å². The number of benzene rings is 2. The number of ether oxygens (including phenoxy) is 2. The lowest BCUT2D eigenvalue weighted by atomic mass is 10.1. The van der Waals surface area contributed by atoms with Gasteiger partial charge >= 0.3 is 0 Å². The van der Waals surface area contributed by atoms with E-state index in [1.165, 1.54) is 10.5 Å². The zero-order chi connectivity index (χ0) is 21.5. The molecule has 0 saturated carbocycles. The average molecular weight is 426 g/mol. The summed E-state index contributed by atoms with van der Waals surface area (Å²) in [7, 11) is 1.59. The maximum Gasteiger partial charge on any atom is 0.293 e. The number of carbonyl (C=O) groups is 2. The van der Waals surface area contributed by atoms with Crippen molar-refractivity contribution in [3.63, 3.8) is 0 Å². The Bertz CT molecular complexity index is 926. The third kappa shape index (κ3) is 5.45. The van der Waals surface area contributed by atoms with Crippen LogP contribution in [0.5, 0.6) is 11.5 Å². The molecule has 1 saturated heterocycles. The van der Waals surface area contributed by atoms with Gasteiger partial charge < -0.3 is 9.47 Å². The Morgan fingerprint density at radius 3 is 2.57 bits per heavy atom. The Labute approximate surface area is 182 Å². The van der Waals surface area contributed by atoms with Gasteiger partial charge in [-0.05, 0) is 67.3 Å². The van der Waals surface area contributed by atoms with Crippen LogP contribution in [0.15, 0.2) is 53.4 Å². The Morgan fingerprint density at radius 1 is 1.10 bits per heavy atom. The predicted molar refractivity (Wildman–Crippen MR) is 121 cm³/mol. The zero-order valence-electron chi connectivity index (χ0n) is 17.6. The second kappa shape index (κ2) is 10.3. The van der Waals surface area contributed by atoms with Gasteiger partial charge in [0.15, 0.2) is 11.5 Å². The molecule has 158 valence electrons. The molecule has 0 aromatic heterocycles. The van der Waals surface area contributed by atoms with Crippen molar-refractivity contribution in [3.8, 4) is 11.5 Å². The smallest absolute Gasteiger partial charge is 0.293 e. The molecule has 0 unspecified atom stereocenters. The number of aryl methyl sites for hydroxylation is 1. The summed E-state index contributed by atoms with van der Waals surface area (Å²) >= 11 is 0.981. The molecule has 0 N–H and O–H groups in total. The van der Waals surface area contributed by atoms with Crippen LogP contribution in [0.2, 0.25) is 0 Å². The quantitative estimate of drug-likeness (QED) is 0.494. The molecule has 1 heterocycles. The van der Waals surface area contributed by atoms with Crippen molar-refractivity contribution in [2.24, 2.45) is 0 Å². The standard InChI is InChI=1S/C24H27NO4S/c1-4-17(2)29-20-13-12-19(15-21(20)28-3)16-22-23(26)25(24(27)30-22)14-8-11-18-9-6-5-7-10-18/h5-7,9-10,12-13,15-17H,4,8,11,14H2,1-3H3/b22-16+/t17-/m0/s1. The van der Waals surface area contributed by atoms with E-state index in [1.807, 2.05) is 43.3 Å². The van der Waals surface area contributed by atoms with Gasteiger partial charge in [-0.25, -0.2) is 0 Å². The largest absolute Gasteiger partial charge is 0.493 e. The van der Waals surface area contributed by atoms with Crippen molar-refractivity contribution < 1.29 is 19.1 Å². The number of carbonyl (C=O) groups excluding carboxylic acids is 2. The van der Waals surface area contributed by atoms with Crippen molar-refractivity contribution in [1.82, 2.24) is 4.90 Å². The molecule has 1 aliphatic heterocycles. The number of rotatable bonds is 9. The van der Waals surface area contributed by atoms with Crippen LogP contribution >= 0.6 is 11.8 Å². The molecule has 0 bridgehead atoms. The molecule has 0 radical (unpaired) electrons. The van der Waals surface area contributed by atoms with Crippen molar-refractivity contribution in [3.05, 3.63) is 64.6 Å². The summed E-state index contributed by atoms with van der Waals surface area (Å²) in [6.45, 7) is 4.48. The number of thioether (sulfide) groups is 1. The fourth-order valence-corrected chi connectivity index (χ4v) is 3.97. The Hall–Kier alpha value is -2.73. The van der Waals surface area contributed by atoms with E-state index >= 15 is 0 Å². The molecule has 1 fully saturated rings. The lowest BCUT2D eigenvalue weighted by Crippen LogP contribution is -2.29. The molecular formula is C24H27NO4S. The van der Waals surface area contributed by atoms with Crippen LogP contribution in [0.4, 0.5) is 4.79 Å². The first kappa shape index (κ1) is 22.0. The summed E-state index contributed by atoms with van der Waals surface area (Å²) in [4.78, 5) is 26.8. The number of methoxy groups -OCH3 is 1. The lowest BCUT2D eigenvalue weighted by molar-refractivity contribution is -0.122. The van der Waals surface area contributed by atoms with E-state index in [-0.39, 0.29) is 17.3 Å². The minimum atomic E-state index is -0.239. The fourth-order valence-electron chi connectivity index (χ4n) is 3.10. The monoisotopic (exact) mass is 425 g/mol. The van der Waals surface area contributed by atoms with Gasteiger partial charge in [-0.1, -0.05) is 43.3 Å². The number of amides is 2. The third-order valence-electron chi connectivity index (χ3n) is 4.95. The highest BCUT2D eigenvalue weighted by molar-refractivity contribution is 8.18. The molecule has 6 heteroatoms. The van der Waals surface area contributed by atoms with Crippen LogP contribution in [-0.2, 0) is 11.2 Å². The van der Waals surface area contributed by atoms with Crippen molar-refractivity contribution >= 4 is 29.0 Å². The van der Waals surface area contributed by atoms with E-state index in [0.717, 1.165) is 36.6 Å². The molecule has 0 spiro atoms. The Kier molecular flexibility index (Phi) is 7.57. The van der Waals surface area contributed by atoms with Gasteiger partial charge in [0.2, 0.25) is 0 Å². The molecule has 1 atom stereocenters. The van der Waals surface area contributed by atoms with Crippen LogP contribution in [0.1, 0.15) is 37.8 Å². The van der Waals surface area contributed by atoms with Gasteiger partial charge in [-0.15, -0.1) is 0 Å². The summed E-state index contributed by atoms with van der Waals surface area (Å²) in [6, 6.07) is 15.6. The summed E-state index contributed by atoms with van der Waals surface area (Å²) in [5.41, 5.74) is 1.99. The second-order valence-corrected chi connectivity index (χ2v) is 8.16. The van der Waals surface area contributed by atoms with Gasteiger partial charge in [0.05, 0.1) is 18.1 Å². The highest BCUT2D eigenvalue weighted by atomic mass is 32.2. The van der Waals surface area contributed by atoms with Gasteiger partial charge in [0, 0.05) is 6.54 Å². The van der Waals surface area contributed by atoms with Crippen LogP contribution in [0.3, 0.4) is 0 Å². The molecule has 2 aromatic carbocycles. The Balaban J connectivity index is 1.67. The molecule has 3 rings (SSSR count). The van der Waals surface area contributed by atoms with Gasteiger partial charge in [-0.3, -0.25) is 14.5 Å². The van der Waals surface area contributed by atoms with Gasteiger partial charge in [0.25, 0.3) is 11.1 Å². The van der Waals surface area contributed by atoms with Crippen molar-refractivity contribution in [1.29, 1.82) is 0 Å². The van der Waals surface area contributed by atoms with E-state index < -0.39 is 0 Å². The van der Waals surface area contributed by atoms with E-state index in [0.29, 0.717) is 22.9 Å². The maximum absolute atomic E-state index is 12.7. The second-order valence-electron chi connectivity index (χ2n) is 7.17. The van der Waals surface area contributed by atoms with Crippen LogP contribution in [-0.4, -0.2) is 35.8 Å². The van der Waals surface area contributed by atoms with Crippen LogP contribution in [0, 0.1) is 0 Å². The Morgan fingerprint density at radius 2 is 1.87 bits per heavy atom. The first-order chi connectivity index (χ1) is 14.5. The first-order valence-corrected chi connectivity index (χ1v) is 11.0. The minimum absolute atomic E-state index is 0.0807. The lowest BCUT2D eigenvalue weighted by Gasteiger charge is -2.15. The van der Waals surface area contributed by atoms with Gasteiger partial charge in [-0.2, -0.15) is 0 Å². The number of imide groups is 1. The summed E-state index contributed by atoms with van der Waals surface area (Å²) in [6.07, 6.45) is 4.28. The number of hydrogen-bond acceptors (Lipinski definition) is 5. The van der Waals surface area contributed by atoms with Gasteiger partial charge in [0.1, 0.15) is 0 Å². The van der Waals surface area contributed by atoms with Crippen LogP contribution < -0.4 is 9.47 Å². The maximum atomic E-state index is 12.7. The molecule has 2 amide bonds. The van der Waals surface area contributed by atoms with E-state index in [2.05, 4.69) is 19.1 Å². The number of nitrogens with zero attached hydrogens (tertiary/aromatic N) is 1. The summed E-state index contributed by atoms with van der Waals surface area (Å²) in [5, 5.41) is -0.219. The van der Waals surface area contributed by atoms with E-state index in [4.69, 9.17) is 9.47 Å². The molecular weight excluding hydrogens is 398 g/mol. The highest BCUT2D eigenvalue weighted by Crippen LogP contribution is 2.35. The SMILES string of the molecule is CC[C@H](C)Oc1ccc(/C=C2/SC(=O)N(CCCc3ccccc3)C2=O)cc1OC. The van der Waals surface area contributed by atoms with Crippen LogP contribution in [0.25, 0.3) is 6.08 Å². The fraction of sp³-hybridized carbons (Fsp3) is 0.333. The molecule has 0 aliphatic carbocycles. The first-order valence-electron chi connectivity index (χ1n) is 10.2. The highest BCUT2D eigenvalue weighted by Gasteiger charge is 2.34. The van der Waals surface area contributed by atoms with Crippen molar-refractivity contribution in [2.75, 3.05) is 13.7 Å². The average Bonchev–Trinajstić information content (AvgIpc) is 3.02. The predicted octanol–water partition coefficient (Wildman–Crippen LogP) is 5.54. The topological polar surface area (TPSA) is 55.8 Å². The molecule has 30 heavy (non-hydrogen) atoms. The summed E-state index contributed by atoms with van der Waals surface area (Å²) in [5.74, 6) is 1.03. The third-order valence-corrected chi connectivity index (χ3v) is 5.86. The molecule has 2 aromatic rings.